The average molecular weight is 424 g/mol. The summed E-state index contributed by atoms with van der Waals surface area (Å²) in [5.74, 6) is 1.33. The molecule has 0 unspecified atom stereocenters. The second-order valence-electron chi connectivity index (χ2n) is 6.69. The highest BCUT2D eigenvalue weighted by atomic mass is 16.5. The van der Waals surface area contributed by atoms with Crippen LogP contribution in [-0.4, -0.2) is 35.4 Å². The van der Waals surface area contributed by atoms with Gasteiger partial charge in [-0.2, -0.15) is 0 Å². The number of benzene rings is 2. The molecule has 8 nitrogen and oxygen atoms in total. The second kappa shape index (κ2) is 10.2. The van der Waals surface area contributed by atoms with Gasteiger partial charge in [-0.1, -0.05) is 30.3 Å². The van der Waals surface area contributed by atoms with Gasteiger partial charge in [0.25, 0.3) is 5.56 Å². The van der Waals surface area contributed by atoms with Crippen molar-refractivity contribution >= 4 is 0 Å². The first-order valence-corrected chi connectivity index (χ1v) is 9.67. The number of aromatic hydroxyl groups is 1. The third-order valence-electron chi connectivity index (χ3n) is 4.56. The van der Waals surface area contributed by atoms with Gasteiger partial charge in [-0.05, 0) is 35.7 Å². The minimum atomic E-state index is -0.762. The van der Waals surface area contributed by atoms with Gasteiger partial charge in [0.15, 0.2) is 11.5 Å². The van der Waals surface area contributed by atoms with Crippen LogP contribution in [0.2, 0.25) is 0 Å². The van der Waals surface area contributed by atoms with Gasteiger partial charge in [-0.25, -0.2) is 4.79 Å². The first-order chi connectivity index (χ1) is 15.0. The van der Waals surface area contributed by atoms with E-state index in [1.165, 1.54) is 7.11 Å². The number of aromatic nitrogens is 2. The fourth-order valence-corrected chi connectivity index (χ4v) is 3.08. The summed E-state index contributed by atoms with van der Waals surface area (Å²) in [6, 6.07) is 12.9. The van der Waals surface area contributed by atoms with E-state index >= 15 is 0 Å². The summed E-state index contributed by atoms with van der Waals surface area (Å²) in [5.41, 5.74) is 0.407. The Kier molecular flexibility index (Phi) is 7.16. The standard InChI is InChI=1S/C23H24N2O6/c1-3-6-16-7-4-5-8-18(16)30-11-12-31-19-10-9-15(14-20(19)29-2)13-17-21(26)24-23(28)25-22(17)27/h3-5,7-10,14H,1,6,11-13H2,2H3,(H3,24,25,26,27,28). The lowest BCUT2D eigenvalue weighted by Crippen LogP contribution is -2.25. The van der Waals surface area contributed by atoms with Gasteiger partial charge in [0, 0.05) is 6.42 Å². The van der Waals surface area contributed by atoms with Gasteiger partial charge < -0.3 is 19.3 Å². The Balaban J connectivity index is 1.64. The summed E-state index contributed by atoms with van der Waals surface area (Å²) in [4.78, 5) is 27.4. The molecule has 8 heteroatoms. The molecule has 0 aliphatic heterocycles. The SMILES string of the molecule is C=CCc1ccccc1OCCOc1ccc(Cc2c(O)[nH]c(=O)[nH]c2=O)cc1OC. The van der Waals surface area contributed by atoms with Crippen LogP contribution in [0, 0.1) is 0 Å². The van der Waals surface area contributed by atoms with Crippen LogP contribution in [0.3, 0.4) is 0 Å². The van der Waals surface area contributed by atoms with E-state index in [0.29, 0.717) is 30.3 Å². The van der Waals surface area contributed by atoms with Gasteiger partial charge in [0.1, 0.15) is 19.0 Å². The molecule has 0 bridgehead atoms. The van der Waals surface area contributed by atoms with E-state index in [0.717, 1.165) is 17.7 Å². The zero-order chi connectivity index (χ0) is 22.2. The van der Waals surface area contributed by atoms with Crippen molar-refractivity contribution in [2.75, 3.05) is 20.3 Å². The topological polar surface area (TPSA) is 114 Å². The molecule has 0 saturated heterocycles. The highest BCUT2D eigenvalue weighted by molar-refractivity contribution is 5.44. The Bertz CT molecular complexity index is 1170. The fourth-order valence-electron chi connectivity index (χ4n) is 3.08. The molecule has 2 aromatic carbocycles. The Morgan fingerprint density at radius 2 is 1.74 bits per heavy atom. The van der Waals surface area contributed by atoms with Crippen molar-refractivity contribution in [3.05, 3.63) is 92.6 Å². The van der Waals surface area contributed by atoms with Crippen molar-refractivity contribution in [2.24, 2.45) is 0 Å². The molecule has 0 fully saturated rings. The van der Waals surface area contributed by atoms with Crippen LogP contribution in [0.25, 0.3) is 0 Å². The minimum absolute atomic E-state index is 0.0573. The number of aromatic amines is 2. The van der Waals surface area contributed by atoms with Crippen molar-refractivity contribution < 1.29 is 19.3 Å². The van der Waals surface area contributed by atoms with Crippen molar-refractivity contribution in [3.63, 3.8) is 0 Å². The summed E-state index contributed by atoms with van der Waals surface area (Å²) < 4.78 is 17.0. The molecule has 0 atom stereocenters. The molecule has 162 valence electrons. The number of ether oxygens (including phenoxy) is 3. The molecule has 0 aliphatic rings. The van der Waals surface area contributed by atoms with E-state index in [4.69, 9.17) is 14.2 Å². The summed E-state index contributed by atoms with van der Waals surface area (Å²) in [5, 5.41) is 9.85. The van der Waals surface area contributed by atoms with Crippen LogP contribution in [0.15, 0.2) is 64.7 Å². The van der Waals surface area contributed by atoms with Gasteiger partial charge >= 0.3 is 5.69 Å². The Labute approximate surface area is 178 Å². The Morgan fingerprint density at radius 3 is 2.45 bits per heavy atom. The zero-order valence-electron chi connectivity index (χ0n) is 17.1. The highest BCUT2D eigenvalue weighted by Gasteiger charge is 2.12. The molecule has 1 aromatic heterocycles. The maximum Gasteiger partial charge on any atom is 0.328 e. The minimum Gasteiger partial charge on any atom is -0.494 e. The van der Waals surface area contributed by atoms with Crippen LogP contribution < -0.4 is 25.5 Å². The molecular weight excluding hydrogens is 400 g/mol. The number of hydrogen-bond acceptors (Lipinski definition) is 6. The quantitative estimate of drug-likeness (QED) is 0.341. The molecule has 0 amide bonds. The predicted octanol–water partition coefficient (Wildman–Crippen LogP) is 2.55. The molecular formula is C23H24N2O6. The fraction of sp³-hybridized carbons (Fsp3) is 0.217. The van der Waals surface area contributed by atoms with Crippen molar-refractivity contribution in [2.45, 2.75) is 12.8 Å². The van der Waals surface area contributed by atoms with Crippen LogP contribution >= 0.6 is 0 Å². The van der Waals surface area contributed by atoms with Crippen molar-refractivity contribution in [3.8, 4) is 23.1 Å². The zero-order valence-corrected chi connectivity index (χ0v) is 17.1. The summed E-state index contributed by atoms with van der Waals surface area (Å²) >= 11 is 0. The Hall–Kier alpha value is -3.94. The molecule has 3 N–H and O–H groups in total. The molecule has 31 heavy (non-hydrogen) atoms. The maximum absolute atomic E-state index is 11.9. The number of rotatable bonds is 10. The van der Waals surface area contributed by atoms with Crippen LogP contribution in [0.1, 0.15) is 16.7 Å². The first kappa shape index (κ1) is 21.8. The van der Waals surface area contributed by atoms with Gasteiger partial charge in [-0.3, -0.25) is 14.8 Å². The molecule has 1 heterocycles. The smallest absolute Gasteiger partial charge is 0.328 e. The number of H-pyrrole nitrogens is 2. The predicted molar refractivity (Wildman–Crippen MR) is 116 cm³/mol. The lowest BCUT2D eigenvalue weighted by molar-refractivity contribution is 0.210. The number of hydrogen-bond donors (Lipinski definition) is 3. The van der Waals surface area contributed by atoms with E-state index in [2.05, 4.69) is 16.5 Å². The molecule has 0 aliphatic carbocycles. The van der Waals surface area contributed by atoms with Gasteiger partial charge in [0.2, 0.25) is 5.88 Å². The Morgan fingerprint density at radius 1 is 1.00 bits per heavy atom. The van der Waals surface area contributed by atoms with E-state index in [9.17, 15) is 14.7 Å². The van der Waals surface area contributed by atoms with E-state index < -0.39 is 17.1 Å². The van der Waals surface area contributed by atoms with Gasteiger partial charge in [-0.15, -0.1) is 6.58 Å². The van der Waals surface area contributed by atoms with E-state index in [-0.39, 0.29) is 12.0 Å². The number of nitrogens with one attached hydrogen (secondary N) is 2. The number of allylic oxidation sites excluding steroid dienone is 1. The van der Waals surface area contributed by atoms with Crippen LogP contribution in [0.5, 0.6) is 23.1 Å². The normalized spacial score (nSPS) is 10.5. The third-order valence-corrected chi connectivity index (χ3v) is 4.56. The number of para-hydroxylation sites is 1. The summed E-state index contributed by atoms with van der Waals surface area (Å²) in [6.45, 7) is 4.41. The first-order valence-electron chi connectivity index (χ1n) is 9.67. The van der Waals surface area contributed by atoms with Crippen molar-refractivity contribution in [1.29, 1.82) is 0 Å². The van der Waals surface area contributed by atoms with E-state index in [1.54, 1.807) is 18.2 Å². The number of methoxy groups -OCH3 is 1. The molecule has 0 saturated carbocycles. The largest absolute Gasteiger partial charge is 0.494 e. The van der Waals surface area contributed by atoms with Crippen molar-refractivity contribution in [1.82, 2.24) is 9.97 Å². The molecule has 3 aromatic rings. The monoisotopic (exact) mass is 424 g/mol. The summed E-state index contributed by atoms with van der Waals surface area (Å²) in [7, 11) is 1.51. The maximum atomic E-state index is 11.9. The lowest BCUT2D eigenvalue weighted by Gasteiger charge is -2.14. The van der Waals surface area contributed by atoms with Crippen LogP contribution in [-0.2, 0) is 12.8 Å². The third kappa shape index (κ3) is 5.57. The molecule has 3 rings (SSSR count). The second-order valence-corrected chi connectivity index (χ2v) is 6.69. The lowest BCUT2D eigenvalue weighted by atomic mass is 10.1. The average Bonchev–Trinajstić information content (AvgIpc) is 2.75. The summed E-state index contributed by atoms with van der Waals surface area (Å²) in [6.07, 6.45) is 2.66. The van der Waals surface area contributed by atoms with Gasteiger partial charge in [0.05, 0.1) is 12.7 Å². The van der Waals surface area contributed by atoms with Crippen LogP contribution in [0.4, 0.5) is 0 Å². The molecule has 0 radical (unpaired) electrons. The molecule has 0 spiro atoms. The highest BCUT2D eigenvalue weighted by Crippen LogP contribution is 2.29. The van der Waals surface area contributed by atoms with E-state index in [1.807, 2.05) is 30.3 Å².